The topological polar surface area (TPSA) is 129 Å². The summed E-state index contributed by atoms with van der Waals surface area (Å²) in [4.78, 5) is 48.2. The van der Waals surface area contributed by atoms with E-state index in [-0.39, 0.29) is 13.4 Å². The van der Waals surface area contributed by atoms with Crippen LogP contribution in [0.1, 0.15) is 32.5 Å². The van der Waals surface area contributed by atoms with Crippen molar-refractivity contribution in [2.75, 3.05) is 31.9 Å². The van der Waals surface area contributed by atoms with Crippen LogP contribution in [0.5, 0.6) is 11.5 Å². The number of fused-ring (bicyclic) bond motifs is 1. The Morgan fingerprint density at radius 2 is 1.87 bits per heavy atom. The Labute approximate surface area is 181 Å². The molecule has 1 aromatic heterocycles. The number of aryl methyl sites for hydroxylation is 1. The number of ether oxygens (including phenoxy) is 4. The van der Waals surface area contributed by atoms with Crippen molar-refractivity contribution >= 4 is 40.1 Å². The van der Waals surface area contributed by atoms with Crippen LogP contribution in [0.15, 0.2) is 24.3 Å². The van der Waals surface area contributed by atoms with E-state index >= 15 is 0 Å². The molecule has 0 bridgehead atoms. The third-order valence-corrected chi connectivity index (χ3v) is 5.17. The Kier molecular flexibility index (Phi) is 7.08. The molecule has 31 heavy (non-hydrogen) atoms. The Morgan fingerprint density at radius 1 is 1.10 bits per heavy atom. The van der Waals surface area contributed by atoms with Gasteiger partial charge in [0.25, 0.3) is 11.8 Å². The number of amides is 2. The number of esters is 2. The van der Waals surface area contributed by atoms with E-state index in [1.165, 1.54) is 12.1 Å². The highest BCUT2D eigenvalue weighted by atomic mass is 32.1. The SMILES string of the molecule is CCOC(=O)c1sc(NC(=O)COC(=O)CNC(=O)c2ccc3c(c2)OCO3)cc1C. The fourth-order valence-corrected chi connectivity index (χ4v) is 3.59. The van der Waals surface area contributed by atoms with Crippen LogP contribution in [-0.2, 0) is 19.1 Å². The van der Waals surface area contributed by atoms with E-state index in [0.717, 1.165) is 11.3 Å². The number of benzene rings is 1. The zero-order valence-electron chi connectivity index (χ0n) is 16.8. The van der Waals surface area contributed by atoms with Gasteiger partial charge >= 0.3 is 11.9 Å². The molecule has 11 heteroatoms. The second-order valence-electron chi connectivity index (χ2n) is 6.30. The number of thiophene rings is 1. The molecule has 1 aliphatic heterocycles. The number of anilines is 1. The van der Waals surface area contributed by atoms with Gasteiger partial charge in [0.05, 0.1) is 11.6 Å². The van der Waals surface area contributed by atoms with Gasteiger partial charge in [-0.15, -0.1) is 11.3 Å². The molecular formula is C20H20N2O8S. The quantitative estimate of drug-likeness (QED) is 0.586. The molecular weight excluding hydrogens is 428 g/mol. The van der Waals surface area contributed by atoms with Gasteiger partial charge < -0.3 is 29.6 Å². The van der Waals surface area contributed by atoms with Gasteiger partial charge in [0.2, 0.25) is 6.79 Å². The van der Waals surface area contributed by atoms with Gasteiger partial charge in [-0.2, -0.15) is 0 Å². The lowest BCUT2D eigenvalue weighted by Gasteiger charge is -2.07. The first-order valence-corrected chi connectivity index (χ1v) is 10.1. The summed E-state index contributed by atoms with van der Waals surface area (Å²) in [6, 6.07) is 6.26. The van der Waals surface area contributed by atoms with Crippen molar-refractivity contribution in [3.05, 3.63) is 40.3 Å². The first-order valence-electron chi connectivity index (χ1n) is 9.28. The standard InChI is InChI=1S/C20H20N2O8S/c1-3-27-20(26)18-11(2)6-16(31-18)22-15(23)9-28-17(24)8-21-19(25)12-4-5-13-14(7-12)30-10-29-13/h4-7H,3,8-10H2,1-2H3,(H,21,25)(H,22,23). The second kappa shape index (κ2) is 9.94. The van der Waals surface area contributed by atoms with Crippen LogP contribution in [0, 0.1) is 6.92 Å². The van der Waals surface area contributed by atoms with E-state index in [4.69, 9.17) is 18.9 Å². The van der Waals surface area contributed by atoms with Crippen molar-refractivity contribution < 1.29 is 38.1 Å². The number of carbonyl (C=O) groups is 4. The number of hydrogen-bond donors (Lipinski definition) is 2. The van der Waals surface area contributed by atoms with Crippen LogP contribution in [0.3, 0.4) is 0 Å². The third kappa shape index (κ3) is 5.72. The number of carbonyl (C=O) groups excluding carboxylic acids is 4. The van der Waals surface area contributed by atoms with Crippen LogP contribution in [0.2, 0.25) is 0 Å². The van der Waals surface area contributed by atoms with Crippen LogP contribution < -0.4 is 20.1 Å². The van der Waals surface area contributed by atoms with Gasteiger partial charge in [0.1, 0.15) is 11.4 Å². The van der Waals surface area contributed by atoms with Crippen LogP contribution >= 0.6 is 11.3 Å². The Bertz CT molecular complexity index is 1020. The summed E-state index contributed by atoms with van der Waals surface area (Å²) >= 11 is 1.07. The average Bonchev–Trinajstić information content (AvgIpc) is 3.36. The summed E-state index contributed by atoms with van der Waals surface area (Å²) in [5.41, 5.74) is 0.960. The van der Waals surface area contributed by atoms with Crippen molar-refractivity contribution in [2.45, 2.75) is 13.8 Å². The van der Waals surface area contributed by atoms with Crippen molar-refractivity contribution in [3.8, 4) is 11.5 Å². The fraction of sp³-hybridized carbons (Fsp3) is 0.300. The number of hydrogen-bond acceptors (Lipinski definition) is 9. The highest BCUT2D eigenvalue weighted by molar-refractivity contribution is 7.18. The Balaban J connectivity index is 1.42. The Hall–Kier alpha value is -3.60. The molecule has 2 amide bonds. The van der Waals surface area contributed by atoms with Gasteiger partial charge in [-0.05, 0) is 43.7 Å². The summed E-state index contributed by atoms with van der Waals surface area (Å²) < 4.78 is 20.2. The lowest BCUT2D eigenvalue weighted by Crippen LogP contribution is -2.32. The molecule has 2 aromatic rings. The maximum atomic E-state index is 12.1. The lowest BCUT2D eigenvalue weighted by molar-refractivity contribution is -0.146. The van der Waals surface area contributed by atoms with Crippen LogP contribution in [0.4, 0.5) is 5.00 Å². The molecule has 2 N–H and O–H groups in total. The van der Waals surface area contributed by atoms with Gasteiger partial charge in [0, 0.05) is 5.56 Å². The highest BCUT2D eigenvalue weighted by Crippen LogP contribution is 2.32. The van der Waals surface area contributed by atoms with Crippen LogP contribution in [0.25, 0.3) is 0 Å². The van der Waals surface area contributed by atoms with Crippen molar-refractivity contribution in [2.24, 2.45) is 0 Å². The molecule has 10 nitrogen and oxygen atoms in total. The molecule has 0 saturated carbocycles. The Morgan fingerprint density at radius 3 is 2.65 bits per heavy atom. The zero-order chi connectivity index (χ0) is 22.4. The fourth-order valence-electron chi connectivity index (χ4n) is 2.61. The zero-order valence-corrected chi connectivity index (χ0v) is 17.6. The maximum Gasteiger partial charge on any atom is 0.348 e. The predicted octanol–water partition coefficient (Wildman–Crippen LogP) is 1.87. The first-order chi connectivity index (χ1) is 14.9. The second-order valence-corrected chi connectivity index (χ2v) is 7.36. The highest BCUT2D eigenvalue weighted by Gasteiger charge is 2.18. The monoisotopic (exact) mass is 448 g/mol. The molecule has 2 heterocycles. The predicted molar refractivity (Wildman–Crippen MR) is 109 cm³/mol. The minimum Gasteiger partial charge on any atom is -0.462 e. The molecule has 0 fully saturated rings. The number of rotatable bonds is 8. The van der Waals surface area contributed by atoms with E-state index < -0.39 is 36.9 Å². The minimum absolute atomic E-state index is 0.0873. The smallest absolute Gasteiger partial charge is 0.348 e. The van der Waals surface area contributed by atoms with E-state index in [1.807, 2.05) is 0 Å². The van der Waals surface area contributed by atoms with Gasteiger partial charge in [0.15, 0.2) is 18.1 Å². The summed E-state index contributed by atoms with van der Waals surface area (Å²) in [5.74, 6) is -1.33. The number of nitrogens with one attached hydrogen (secondary N) is 2. The largest absolute Gasteiger partial charge is 0.462 e. The summed E-state index contributed by atoms with van der Waals surface area (Å²) in [6.07, 6.45) is 0. The molecule has 0 spiro atoms. The van der Waals surface area contributed by atoms with Gasteiger partial charge in [-0.1, -0.05) is 0 Å². The molecule has 164 valence electrons. The third-order valence-electron chi connectivity index (χ3n) is 4.03. The lowest BCUT2D eigenvalue weighted by atomic mass is 10.2. The molecule has 1 aromatic carbocycles. The maximum absolute atomic E-state index is 12.1. The average molecular weight is 448 g/mol. The van der Waals surface area contributed by atoms with Crippen molar-refractivity contribution in [1.29, 1.82) is 0 Å². The summed E-state index contributed by atoms with van der Waals surface area (Å²) in [5, 5.41) is 5.39. The van der Waals surface area contributed by atoms with Crippen molar-refractivity contribution in [1.82, 2.24) is 5.32 Å². The normalized spacial score (nSPS) is 11.5. The summed E-state index contributed by atoms with van der Waals surface area (Å²) in [7, 11) is 0. The first kappa shape index (κ1) is 22.1. The minimum atomic E-state index is -0.779. The van der Waals surface area contributed by atoms with Gasteiger partial charge in [-0.3, -0.25) is 14.4 Å². The van der Waals surface area contributed by atoms with E-state index in [1.54, 1.807) is 26.0 Å². The van der Waals surface area contributed by atoms with Crippen LogP contribution in [-0.4, -0.2) is 50.3 Å². The molecule has 0 unspecified atom stereocenters. The molecule has 0 atom stereocenters. The molecule has 3 rings (SSSR count). The molecule has 0 radical (unpaired) electrons. The summed E-state index contributed by atoms with van der Waals surface area (Å²) in [6.45, 7) is 2.82. The van der Waals surface area contributed by atoms with E-state index in [0.29, 0.717) is 32.5 Å². The molecule has 0 aliphatic carbocycles. The van der Waals surface area contributed by atoms with E-state index in [2.05, 4.69) is 10.6 Å². The van der Waals surface area contributed by atoms with E-state index in [9.17, 15) is 19.2 Å². The molecule has 1 aliphatic rings. The molecule has 0 saturated heterocycles. The van der Waals surface area contributed by atoms with Crippen molar-refractivity contribution in [3.63, 3.8) is 0 Å². The van der Waals surface area contributed by atoms with Gasteiger partial charge in [-0.25, -0.2) is 4.79 Å².